The van der Waals surface area contributed by atoms with Gasteiger partial charge < -0.3 is 19.5 Å². The summed E-state index contributed by atoms with van der Waals surface area (Å²) in [6.07, 6.45) is -4.13. The molecule has 2 aromatic rings. The molecule has 31 heavy (non-hydrogen) atoms. The van der Waals surface area contributed by atoms with Crippen molar-refractivity contribution in [3.8, 4) is 5.75 Å². The van der Waals surface area contributed by atoms with Crippen LogP contribution < -0.4 is 44.3 Å². The van der Waals surface area contributed by atoms with E-state index in [4.69, 9.17) is 4.74 Å². The van der Waals surface area contributed by atoms with E-state index in [0.29, 0.717) is 25.1 Å². The van der Waals surface area contributed by atoms with Gasteiger partial charge in [-0.25, -0.2) is 0 Å². The minimum atomic E-state index is -4.44. The van der Waals surface area contributed by atoms with Crippen molar-refractivity contribution in [3.05, 3.63) is 64.7 Å². The molecule has 4 rings (SSSR count). The maximum atomic E-state index is 13.2. The smallest absolute Gasteiger partial charge is 0.550 e. The zero-order valence-corrected chi connectivity index (χ0v) is 19.6. The summed E-state index contributed by atoms with van der Waals surface area (Å²) in [4.78, 5) is 12.9. The van der Waals surface area contributed by atoms with E-state index in [0.717, 1.165) is 34.5 Å². The first-order valence-corrected chi connectivity index (χ1v) is 9.84. The molecule has 2 aliphatic heterocycles. The number of anilines is 1. The molecular formula is C23H21F3NNaO3. The molecule has 2 aromatic carbocycles. The van der Waals surface area contributed by atoms with Crippen molar-refractivity contribution in [1.29, 1.82) is 0 Å². The normalized spacial score (nSPS) is 18.6. The van der Waals surface area contributed by atoms with Crippen LogP contribution in [0.15, 0.2) is 48.0 Å². The summed E-state index contributed by atoms with van der Waals surface area (Å²) in [5.74, 6) is -1.31. The fourth-order valence-electron chi connectivity index (χ4n) is 4.09. The summed E-state index contributed by atoms with van der Waals surface area (Å²) in [5, 5.41) is 11.0. The zero-order valence-electron chi connectivity index (χ0n) is 17.6. The molecule has 0 bridgehead atoms. The number of carboxylic acid groups (broad SMARTS) is 1. The summed E-state index contributed by atoms with van der Waals surface area (Å²) in [5.41, 5.74) is 3.44. The Bertz CT molecular complexity index is 1030. The minimum Gasteiger partial charge on any atom is -0.550 e. The molecule has 1 unspecified atom stereocenters. The standard InChI is InChI=1S/C23H22F3NO3.Na/c1-3-19-13(2)21(18-8-7-16(23(24,25)26)10-20(18)30-19)14-5-4-6-17(9-14)27-11-15(12-27)22(28)29;/h4-10,15,19H,3,11-12H2,1-2H3,(H,28,29);/q;+1/p-1. The predicted molar refractivity (Wildman–Crippen MR) is 105 cm³/mol. The second-order valence-electron chi connectivity index (χ2n) is 7.75. The Labute approximate surface area is 201 Å². The zero-order chi connectivity index (χ0) is 21.6. The van der Waals surface area contributed by atoms with Crippen molar-refractivity contribution >= 4 is 17.2 Å². The summed E-state index contributed by atoms with van der Waals surface area (Å²) >= 11 is 0. The molecular weight excluding hydrogens is 418 g/mol. The summed E-state index contributed by atoms with van der Waals surface area (Å²) in [7, 11) is 0. The van der Waals surface area contributed by atoms with Crippen molar-refractivity contribution in [1.82, 2.24) is 0 Å². The molecule has 0 N–H and O–H groups in total. The van der Waals surface area contributed by atoms with Crippen molar-refractivity contribution in [3.63, 3.8) is 0 Å². The first-order chi connectivity index (χ1) is 14.2. The van der Waals surface area contributed by atoms with E-state index in [1.165, 1.54) is 6.07 Å². The number of alkyl halides is 3. The number of carbonyl (C=O) groups is 1. The maximum absolute atomic E-state index is 13.2. The average molecular weight is 439 g/mol. The van der Waals surface area contributed by atoms with Gasteiger partial charge in [-0.3, -0.25) is 0 Å². The van der Waals surface area contributed by atoms with Gasteiger partial charge in [0.05, 0.1) is 5.56 Å². The van der Waals surface area contributed by atoms with E-state index in [2.05, 4.69) is 0 Å². The van der Waals surface area contributed by atoms with Gasteiger partial charge in [0.2, 0.25) is 0 Å². The molecule has 0 saturated carbocycles. The fraction of sp³-hybridized carbons (Fsp3) is 0.348. The van der Waals surface area contributed by atoms with E-state index in [1.807, 2.05) is 43.0 Å². The monoisotopic (exact) mass is 439 g/mol. The Balaban J connectivity index is 0.00000272. The van der Waals surface area contributed by atoms with Gasteiger partial charge >= 0.3 is 35.7 Å². The number of rotatable bonds is 4. The van der Waals surface area contributed by atoms with Crippen LogP contribution >= 0.6 is 0 Å². The third kappa shape index (κ3) is 4.49. The number of carboxylic acids is 1. The van der Waals surface area contributed by atoms with Gasteiger partial charge in [0.25, 0.3) is 0 Å². The van der Waals surface area contributed by atoms with Crippen LogP contribution in [0.5, 0.6) is 5.75 Å². The van der Waals surface area contributed by atoms with Gasteiger partial charge in [-0.05, 0) is 54.3 Å². The van der Waals surface area contributed by atoms with Crippen LogP contribution in [0.25, 0.3) is 5.57 Å². The second-order valence-corrected chi connectivity index (χ2v) is 7.75. The van der Waals surface area contributed by atoms with Gasteiger partial charge in [0.1, 0.15) is 11.9 Å². The van der Waals surface area contributed by atoms with Crippen LogP contribution in [-0.4, -0.2) is 25.2 Å². The molecule has 1 atom stereocenters. The summed E-state index contributed by atoms with van der Waals surface area (Å²) in [6, 6.07) is 11.2. The predicted octanol–water partition coefficient (Wildman–Crippen LogP) is 0.888. The molecule has 2 aliphatic rings. The molecule has 0 amide bonds. The molecule has 0 radical (unpaired) electrons. The van der Waals surface area contributed by atoms with E-state index >= 15 is 0 Å². The van der Waals surface area contributed by atoms with Crippen molar-refractivity contribution in [2.45, 2.75) is 32.5 Å². The number of hydrogen-bond acceptors (Lipinski definition) is 4. The summed E-state index contributed by atoms with van der Waals surface area (Å²) < 4.78 is 45.5. The third-order valence-electron chi connectivity index (χ3n) is 5.81. The largest absolute Gasteiger partial charge is 1.00 e. The van der Waals surface area contributed by atoms with Crippen LogP contribution in [-0.2, 0) is 11.0 Å². The molecule has 2 heterocycles. The quantitative estimate of drug-likeness (QED) is 0.665. The Kier molecular flexibility index (Phi) is 6.79. The van der Waals surface area contributed by atoms with Crippen LogP contribution in [0, 0.1) is 5.92 Å². The number of fused-ring (bicyclic) bond motifs is 1. The van der Waals surface area contributed by atoms with Gasteiger partial charge in [-0.2, -0.15) is 13.2 Å². The van der Waals surface area contributed by atoms with Crippen LogP contribution in [0.1, 0.15) is 37.0 Å². The van der Waals surface area contributed by atoms with E-state index < -0.39 is 23.6 Å². The van der Waals surface area contributed by atoms with E-state index in [1.54, 1.807) is 0 Å². The van der Waals surface area contributed by atoms with Gasteiger partial charge in [-0.15, -0.1) is 0 Å². The number of nitrogens with zero attached hydrogens (tertiary/aromatic N) is 1. The van der Waals surface area contributed by atoms with Crippen LogP contribution in [0.2, 0.25) is 0 Å². The number of halogens is 3. The Morgan fingerprint density at radius 2 is 1.90 bits per heavy atom. The molecule has 1 fully saturated rings. The molecule has 8 heteroatoms. The number of carbonyl (C=O) groups excluding carboxylic acids is 1. The number of hydrogen-bond donors (Lipinski definition) is 0. The van der Waals surface area contributed by atoms with E-state index in [9.17, 15) is 23.1 Å². The molecule has 158 valence electrons. The van der Waals surface area contributed by atoms with Crippen molar-refractivity contribution in [2.24, 2.45) is 5.92 Å². The average Bonchev–Trinajstić information content (AvgIpc) is 2.65. The Hall–Kier alpha value is -1.96. The summed E-state index contributed by atoms with van der Waals surface area (Å²) in [6.45, 7) is 4.64. The minimum absolute atomic E-state index is 0. The molecule has 4 nitrogen and oxygen atoms in total. The Morgan fingerprint density at radius 1 is 1.19 bits per heavy atom. The van der Waals surface area contributed by atoms with E-state index in [-0.39, 0.29) is 41.4 Å². The molecule has 1 saturated heterocycles. The Morgan fingerprint density at radius 3 is 2.52 bits per heavy atom. The van der Waals surface area contributed by atoms with Crippen LogP contribution in [0.4, 0.5) is 18.9 Å². The van der Waals surface area contributed by atoms with Gasteiger partial charge in [0.15, 0.2) is 0 Å². The topological polar surface area (TPSA) is 52.6 Å². The maximum Gasteiger partial charge on any atom is 1.00 e. The number of ether oxygens (including phenoxy) is 1. The van der Waals surface area contributed by atoms with Gasteiger partial charge in [0, 0.05) is 36.2 Å². The molecule has 0 aliphatic carbocycles. The van der Waals surface area contributed by atoms with Crippen molar-refractivity contribution < 1.29 is 57.4 Å². The SMILES string of the molecule is CCC1Oc2cc(C(F)(F)F)ccc2C(c2cccc(N3CC(C(=O)[O-])C3)c2)=C1C.[Na+]. The second kappa shape index (κ2) is 8.88. The third-order valence-corrected chi connectivity index (χ3v) is 5.81. The van der Waals surface area contributed by atoms with Crippen LogP contribution in [0.3, 0.4) is 0 Å². The fourth-order valence-corrected chi connectivity index (χ4v) is 4.09. The first-order valence-electron chi connectivity index (χ1n) is 9.84. The first kappa shape index (κ1) is 23.7. The number of benzene rings is 2. The van der Waals surface area contributed by atoms with Gasteiger partial charge in [-0.1, -0.05) is 25.1 Å². The number of aliphatic carboxylic acids is 1. The van der Waals surface area contributed by atoms with Crippen molar-refractivity contribution in [2.75, 3.05) is 18.0 Å². The molecule has 0 aromatic heterocycles. The molecule has 0 spiro atoms.